The summed E-state index contributed by atoms with van der Waals surface area (Å²) in [5.74, 6) is 2.30. The first kappa shape index (κ1) is 14.8. The van der Waals surface area contributed by atoms with E-state index in [1.807, 2.05) is 36.4 Å². The van der Waals surface area contributed by atoms with Crippen molar-refractivity contribution in [1.29, 1.82) is 0 Å². The van der Waals surface area contributed by atoms with Crippen LogP contribution in [0.15, 0.2) is 53.4 Å². The predicted octanol–water partition coefficient (Wildman–Crippen LogP) is 3.50. The van der Waals surface area contributed by atoms with E-state index in [2.05, 4.69) is 12.1 Å². The third-order valence-corrected chi connectivity index (χ3v) is 4.14. The van der Waals surface area contributed by atoms with E-state index in [0.717, 1.165) is 22.8 Å². The fraction of sp³-hybridized carbons (Fsp3) is 0.250. The van der Waals surface area contributed by atoms with Gasteiger partial charge in [0.1, 0.15) is 11.5 Å². The van der Waals surface area contributed by atoms with Gasteiger partial charge in [0.2, 0.25) is 0 Å². The number of hydrogen-bond donors (Lipinski definition) is 1. The Morgan fingerprint density at radius 3 is 2.10 bits per heavy atom. The van der Waals surface area contributed by atoms with Gasteiger partial charge in [0.25, 0.3) is 0 Å². The molecule has 0 aromatic heterocycles. The first-order valence-corrected chi connectivity index (χ1v) is 7.39. The molecule has 0 aliphatic heterocycles. The molecule has 20 heavy (non-hydrogen) atoms. The Balaban J connectivity index is 2.14. The van der Waals surface area contributed by atoms with Crippen molar-refractivity contribution in [3.05, 3.63) is 54.1 Å². The highest BCUT2D eigenvalue weighted by Gasteiger charge is 2.17. The summed E-state index contributed by atoms with van der Waals surface area (Å²) in [5.41, 5.74) is 7.23. The lowest BCUT2D eigenvalue weighted by molar-refractivity contribution is 0.381. The Bertz CT molecular complexity index is 523. The molecular weight excluding hydrogens is 270 g/mol. The van der Waals surface area contributed by atoms with Gasteiger partial charge in [0, 0.05) is 16.7 Å². The van der Waals surface area contributed by atoms with Crippen molar-refractivity contribution < 1.29 is 9.47 Å². The Kier molecular flexibility index (Phi) is 5.32. The topological polar surface area (TPSA) is 44.5 Å². The lowest BCUT2D eigenvalue weighted by Gasteiger charge is -2.18. The van der Waals surface area contributed by atoms with Crippen LogP contribution in [0.25, 0.3) is 0 Å². The van der Waals surface area contributed by atoms with Crippen LogP contribution < -0.4 is 15.2 Å². The summed E-state index contributed by atoms with van der Waals surface area (Å²) < 4.78 is 10.8. The highest BCUT2D eigenvalue weighted by atomic mass is 32.2. The molecule has 2 N–H and O–H groups in total. The molecule has 0 fully saturated rings. The minimum Gasteiger partial charge on any atom is -0.496 e. The largest absolute Gasteiger partial charge is 0.496 e. The number of ether oxygens (including phenoxy) is 2. The number of benzene rings is 2. The molecule has 0 heterocycles. The van der Waals surface area contributed by atoms with Gasteiger partial charge in [0.05, 0.1) is 19.8 Å². The average molecular weight is 289 g/mol. The SMILES string of the molecule is COc1cccc(OC)c1C(N)CSc1ccccc1. The van der Waals surface area contributed by atoms with Gasteiger partial charge in [0.15, 0.2) is 0 Å². The van der Waals surface area contributed by atoms with E-state index >= 15 is 0 Å². The molecule has 0 aliphatic rings. The second kappa shape index (κ2) is 7.22. The molecule has 0 amide bonds. The third-order valence-electron chi connectivity index (χ3n) is 3.01. The molecule has 2 aromatic rings. The number of hydrogen-bond acceptors (Lipinski definition) is 4. The van der Waals surface area contributed by atoms with Crippen LogP contribution in [0.4, 0.5) is 0 Å². The number of rotatable bonds is 6. The van der Waals surface area contributed by atoms with Crippen LogP contribution >= 0.6 is 11.8 Å². The van der Waals surface area contributed by atoms with Gasteiger partial charge in [-0.25, -0.2) is 0 Å². The van der Waals surface area contributed by atoms with E-state index in [4.69, 9.17) is 15.2 Å². The molecule has 0 saturated carbocycles. The molecule has 0 spiro atoms. The highest BCUT2D eigenvalue weighted by molar-refractivity contribution is 7.99. The number of nitrogens with two attached hydrogens (primary N) is 1. The normalized spacial score (nSPS) is 11.9. The third kappa shape index (κ3) is 3.46. The van der Waals surface area contributed by atoms with Crippen LogP contribution in [0.5, 0.6) is 11.5 Å². The van der Waals surface area contributed by atoms with E-state index in [1.165, 1.54) is 4.90 Å². The summed E-state index contributed by atoms with van der Waals surface area (Å²) in [6.07, 6.45) is 0. The molecule has 3 nitrogen and oxygen atoms in total. The molecule has 2 rings (SSSR count). The minimum atomic E-state index is -0.147. The fourth-order valence-electron chi connectivity index (χ4n) is 2.03. The predicted molar refractivity (Wildman–Crippen MR) is 83.6 cm³/mol. The molecule has 0 saturated heterocycles. The Labute approximate surface area is 124 Å². The van der Waals surface area contributed by atoms with E-state index < -0.39 is 0 Å². The molecule has 0 radical (unpaired) electrons. The Morgan fingerprint density at radius 2 is 1.55 bits per heavy atom. The van der Waals surface area contributed by atoms with Gasteiger partial charge >= 0.3 is 0 Å². The smallest absolute Gasteiger partial charge is 0.127 e. The standard InChI is InChI=1S/C16H19NO2S/c1-18-14-9-6-10-15(19-2)16(14)13(17)11-20-12-7-4-3-5-8-12/h3-10,13H,11,17H2,1-2H3. The zero-order valence-corrected chi connectivity index (χ0v) is 12.5. The monoisotopic (exact) mass is 289 g/mol. The molecule has 0 aliphatic carbocycles. The van der Waals surface area contributed by atoms with Crippen LogP contribution in [0.1, 0.15) is 11.6 Å². The number of methoxy groups -OCH3 is 2. The summed E-state index contributed by atoms with van der Waals surface area (Å²) in [5, 5.41) is 0. The molecule has 0 bridgehead atoms. The van der Waals surface area contributed by atoms with E-state index in [9.17, 15) is 0 Å². The van der Waals surface area contributed by atoms with Crippen LogP contribution in [-0.4, -0.2) is 20.0 Å². The van der Waals surface area contributed by atoms with E-state index in [1.54, 1.807) is 26.0 Å². The molecule has 1 unspecified atom stereocenters. The fourth-order valence-corrected chi connectivity index (χ4v) is 2.92. The van der Waals surface area contributed by atoms with Gasteiger partial charge in [-0.15, -0.1) is 11.8 Å². The average Bonchev–Trinajstić information content (AvgIpc) is 2.52. The van der Waals surface area contributed by atoms with Crippen molar-refractivity contribution in [2.45, 2.75) is 10.9 Å². The molecule has 4 heteroatoms. The zero-order chi connectivity index (χ0) is 14.4. The lowest BCUT2D eigenvalue weighted by Crippen LogP contribution is -2.15. The van der Waals surface area contributed by atoms with Crippen LogP contribution in [0.2, 0.25) is 0 Å². The molecule has 106 valence electrons. The van der Waals surface area contributed by atoms with Gasteiger partial charge in [-0.05, 0) is 24.3 Å². The van der Waals surface area contributed by atoms with Gasteiger partial charge in [-0.2, -0.15) is 0 Å². The lowest BCUT2D eigenvalue weighted by atomic mass is 10.1. The molecule has 1 atom stereocenters. The Morgan fingerprint density at radius 1 is 0.950 bits per heavy atom. The van der Waals surface area contributed by atoms with Gasteiger partial charge in [-0.1, -0.05) is 24.3 Å². The maximum absolute atomic E-state index is 6.31. The second-order valence-corrected chi connectivity index (χ2v) is 5.40. The zero-order valence-electron chi connectivity index (χ0n) is 11.7. The summed E-state index contributed by atoms with van der Waals surface area (Å²) in [6.45, 7) is 0. The van der Waals surface area contributed by atoms with Crippen LogP contribution in [0, 0.1) is 0 Å². The quantitative estimate of drug-likeness (QED) is 0.827. The summed E-state index contributed by atoms with van der Waals surface area (Å²) >= 11 is 1.73. The van der Waals surface area contributed by atoms with E-state index in [0.29, 0.717) is 0 Å². The van der Waals surface area contributed by atoms with Crippen molar-refractivity contribution in [3.63, 3.8) is 0 Å². The van der Waals surface area contributed by atoms with Crippen molar-refractivity contribution >= 4 is 11.8 Å². The minimum absolute atomic E-state index is 0.147. The number of thioether (sulfide) groups is 1. The maximum atomic E-state index is 6.31. The van der Waals surface area contributed by atoms with E-state index in [-0.39, 0.29) is 6.04 Å². The van der Waals surface area contributed by atoms with Crippen molar-refractivity contribution in [2.24, 2.45) is 5.73 Å². The van der Waals surface area contributed by atoms with Crippen LogP contribution in [0.3, 0.4) is 0 Å². The first-order chi connectivity index (χ1) is 9.76. The van der Waals surface area contributed by atoms with Crippen molar-refractivity contribution in [3.8, 4) is 11.5 Å². The highest BCUT2D eigenvalue weighted by Crippen LogP contribution is 2.35. The van der Waals surface area contributed by atoms with Gasteiger partial charge < -0.3 is 15.2 Å². The summed E-state index contributed by atoms with van der Waals surface area (Å²) in [4.78, 5) is 1.21. The van der Waals surface area contributed by atoms with Crippen molar-refractivity contribution in [1.82, 2.24) is 0 Å². The van der Waals surface area contributed by atoms with Crippen molar-refractivity contribution in [2.75, 3.05) is 20.0 Å². The summed E-state index contributed by atoms with van der Waals surface area (Å²) in [6, 6.07) is 15.8. The molecular formula is C16H19NO2S. The molecule has 2 aromatic carbocycles. The maximum Gasteiger partial charge on any atom is 0.127 e. The van der Waals surface area contributed by atoms with Crippen LogP contribution in [-0.2, 0) is 0 Å². The first-order valence-electron chi connectivity index (χ1n) is 6.40. The van der Waals surface area contributed by atoms with Gasteiger partial charge in [-0.3, -0.25) is 0 Å². The second-order valence-electron chi connectivity index (χ2n) is 4.31. The summed E-state index contributed by atoms with van der Waals surface area (Å²) in [7, 11) is 3.30. The Hall–Kier alpha value is -1.65.